The molecule has 1 atom stereocenters. The molecule has 0 spiro atoms. The molecule has 0 saturated heterocycles. The van der Waals surface area contributed by atoms with Gasteiger partial charge in [0, 0.05) is 13.6 Å². The van der Waals surface area contributed by atoms with Gasteiger partial charge in [-0.05, 0) is 13.8 Å². The lowest BCUT2D eigenvalue weighted by atomic mass is 10.5. The summed E-state index contributed by atoms with van der Waals surface area (Å²) in [5, 5.41) is -0.984. The molecule has 0 aromatic heterocycles. The standard InChI is InChI=1S/C8H17N3O3S2/c1-4-11(3)7(12)5-10-16(13,14)6(2)8(9)15/h6,10H,4-5H2,1-3H3,(H2,9,15). The zero-order valence-electron chi connectivity index (χ0n) is 9.56. The van der Waals surface area contributed by atoms with Crippen LogP contribution >= 0.6 is 12.2 Å². The van der Waals surface area contributed by atoms with Crippen molar-refractivity contribution in [1.29, 1.82) is 0 Å². The zero-order valence-corrected chi connectivity index (χ0v) is 11.2. The van der Waals surface area contributed by atoms with Crippen molar-refractivity contribution in [2.75, 3.05) is 20.1 Å². The van der Waals surface area contributed by atoms with Gasteiger partial charge in [-0.1, -0.05) is 12.2 Å². The van der Waals surface area contributed by atoms with Gasteiger partial charge in [-0.2, -0.15) is 0 Å². The first-order valence-corrected chi connectivity index (χ1v) is 6.69. The van der Waals surface area contributed by atoms with E-state index in [1.807, 2.05) is 0 Å². The first kappa shape index (κ1) is 15.3. The second-order valence-corrected chi connectivity index (χ2v) is 5.88. The van der Waals surface area contributed by atoms with Crippen LogP contribution in [0.4, 0.5) is 0 Å². The Bertz CT molecular complexity index is 367. The molecule has 8 heteroatoms. The van der Waals surface area contributed by atoms with E-state index in [4.69, 9.17) is 5.73 Å². The predicted octanol–water partition coefficient (Wildman–Crippen LogP) is -0.941. The number of likely N-dealkylation sites (N-methyl/N-ethyl adjacent to an activating group) is 1. The van der Waals surface area contributed by atoms with Gasteiger partial charge in [0.1, 0.15) is 5.25 Å². The Morgan fingerprint density at radius 1 is 1.56 bits per heavy atom. The molecule has 0 aliphatic rings. The third-order valence-corrected chi connectivity index (χ3v) is 4.43. The molecule has 1 amide bonds. The van der Waals surface area contributed by atoms with E-state index in [0.717, 1.165) is 0 Å². The highest BCUT2D eigenvalue weighted by molar-refractivity contribution is 7.93. The number of nitrogens with two attached hydrogens (primary N) is 1. The minimum atomic E-state index is -3.66. The van der Waals surface area contributed by atoms with Crippen LogP contribution in [0.2, 0.25) is 0 Å². The van der Waals surface area contributed by atoms with Gasteiger partial charge in [0.25, 0.3) is 0 Å². The number of rotatable bonds is 6. The van der Waals surface area contributed by atoms with E-state index in [-0.39, 0.29) is 17.4 Å². The molecule has 0 aromatic rings. The quantitative estimate of drug-likeness (QED) is 0.606. The van der Waals surface area contributed by atoms with Crippen LogP contribution in [-0.4, -0.2) is 49.6 Å². The van der Waals surface area contributed by atoms with Crippen LogP contribution in [0.5, 0.6) is 0 Å². The van der Waals surface area contributed by atoms with Crippen molar-refractivity contribution in [3.63, 3.8) is 0 Å². The molecule has 16 heavy (non-hydrogen) atoms. The van der Waals surface area contributed by atoms with Crippen molar-refractivity contribution in [1.82, 2.24) is 9.62 Å². The number of amides is 1. The van der Waals surface area contributed by atoms with Crippen LogP contribution in [-0.2, 0) is 14.8 Å². The molecule has 0 radical (unpaired) electrons. The Morgan fingerprint density at radius 3 is 2.44 bits per heavy atom. The zero-order chi connectivity index (χ0) is 12.9. The van der Waals surface area contributed by atoms with Crippen LogP contribution < -0.4 is 10.5 Å². The molecule has 0 saturated carbocycles. The molecule has 0 aliphatic carbocycles. The van der Waals surface area contributed by atoms with Crippen LogP contribution in [0.25, 0.3) is 0 Å². The van der Waals surface area contributed by atoms with Crippen molar-refractivity contribution < 1.29 is 13.2 Å². The number of hydrogen-bond acceptors (Lipinski definition) is 4. The Labute approximate surface area is 101 Å². The van der Waals surface area contributed by atoms with Gasteiger partial charge >= 0.3 is 0 Å². The summed E-state index contributed by atoms with van der Waals surface area (Å²) < 4.78 is 25.2. The van der Waals surface area contributed by atoms with Gasteiger partial charge in [-0.15, -0.1) is 0 Å². The fourth-order valence-corrected chi connectivity index (χ4v) is 2.01. The average molecular weight is 267 g/mol. The number of nitrogens with one attached hydrogen (secondary N) is 1. The van der Waals surface area contributed by atoms with Crippen LogP contribution in [0.15, 0.2) is 0 Å². The van der Waals surface area contributed by atoms with Gasteiger partial charge in [-0.3, -0.25) is 4.79 Å². The number of thiocarbonyl (C=S) groups is 1. The van der Waals surface area contributed by atoms with Gasteiger partial charge < -0.3 is 10.6 Å². The molecule has 6 nitrogen and oxygen atoms in total. The van der Waals surface area contributed by atoms with Crippen LogP contribution in [0, 0.1) is 0 Å². The summed E-state index contributed by atoms with van der Waals surface area (Å²) in [6.45, 7) is 3.41. The third kappa shape index (κ3) is 4.42. The van der Waals surface area contributed by atoms with Crippen molar-refractivity contribution in [2.45, 2.75) is 19.1 Å². The lowest BCUT2D eigenvalue weighted by Gasteiger charge is -2.16. The largest absolute Gasteiger partial charge is 0.392 e. The summed E-state index contributed by atoms with van der Waals surface area (Å²) in [5.41, 5.74) is 5.23. The molecule has 0 aliphatic heterocycles. The van der Waals surface area contributed by atoms with E-state index in [1.165, 1.54) is 11.8 Å². The molecule has 1 unspecified atom stereocenters. The van der Waals surface area contributed by atoms with Crippen molar-refractivity contribution >= 4 is 33.1 Å². The normalized spacial score (nSPS) is 13.2. The Morgan fingerprint density at radius 2 is 2.06 bits per heavy atom. The topological polar surface area (TPSA) is 92.5 Å². The Hall–Kier alpha value is -0.730. The van der Waals surface area contributed by atoms with E-state index in [0.29, 0.717) is 6.54 Å². The van der Waals surface area contributed by atoms with Gasteiger partial charge in [-0.25, -0.2) is 13.1 Å². The summed E-state index contributed by atoms with van der Waals surface area (Å²) in [4.78, 5) is 12.6. The molecule has 0 aromatic carbocycles. The van der Waals surface area contributed by atoms with Gasteiger partial charge in [0.15, 0.2) is 0 Å². The van der Waals surface area contributed by atoms with E-state index in [9.17, 15) is 13.2 Å². The van der Waals surface area contributed by atoms with Gasteiger partial charge in [0.2, 0.25) is 15.9 Å². The van der Waals surface area contributed by atoms with Crippen molar-refractivity contribution in [3.05, 3.63) is 0 Å². The van der Waals surface area contributed by atoms with Crippen LogP contribution in [0.1, 0.15) is 13.8 Å². The van der Waals surface area contributed by atoms with E-state index < -0.39 is 15.3 Å². The first-order valence-electron chi connectivity index (χ1n) is 4.74. The van der Waals surface area contributed by atoms with Crippen molar-refractivity contribution in [3.8, 4) is 0 Å². The third-order valence-electron chi connectivity index (χ3n) is 2.19. The molecule has 0 bridgehead atoms. The van der Waals surface area contributed by atoms with Crippen LogP contribution in [0.3, 0.4) is 0 Å². The summed E-state index contributed by atoms with van der Waals surface area (Å²) >= 11 is 4.58. The maximum Gasteiger partial charge on any atom is 0.237 e. The Balaban J connectivity index is 4.42. The second kappa shape index (κ2) is 6.12. The van der Waals surface area contributed by atoms with Gasteiger partial charge in [0.05, 0.1) is 11.5 Å². The summed E-state index contributed by atoms with van der Waals surface area (Å²) in [7, 11) is -2.07. The predicted molar refractivity (Wildman–Crippen MR) is 66.5 cm³/mol. The smallest absolute Gasteiger partial charge is 0.237 e. The maximum absolute atomic E-state index is 11.5. The highest BCUT2D eigenvalue weighted by Gasteiger charge is 2.23. The molecule has 3 N–H and O–H groups in total. The molecule has 94 valence electrons. The number of carbonyl (C=O) groups excluding carboxylic acids is 1. The van der Waals surface area contributed by atoms with E-state index >= 15 is 0 Å². The molecule has 0 rings (SSSR count). The van der Waals surface area contributed by atoms with E-state index in [2.05, 4.69) is 16.9 Å². The number of carbonyl (C=O) groups is 1. The number of nitrogens with zero attached hydrogens (tertiary/aromatic N) is 1. The SMILES string of the molecule is CCN(C)C(=O)CNS(=O)(=O)C(C)C(N)=S. The highest BCUT2D eigenvalue weighted by atomic mass is 32.2. The lowest BCUT2D eigenvalue weighted by Crippen LogP contribution is -2.44. The average Bonchev–Trinajstić information content (AvgIpc) is 2.23. The minimum Gasteiger partial charge on any atom is -0.392 e. The number of sulfonamides is 1. The maximum atomic E-state index is 11.5. The summed E-state index contributed by atoms with van der Waals surface area (Å²) in [6, 6.07) is 0. The monoisotopic (exact) mass is 267 g/mol. The lowest BCUT2D eigenvalue weighted by molar-refractivity contribution is -0.128. The van der Waals surface area contributed by atoms with E-state index in [1.54, 1.807) is 14.0 Å². The first-order chi connectivity index (χ1) is 7.22. The Kier molecular flexibility index (Phi) is 5.84. The fourth-order valence-electron chi connectivity index (χ4n) is 0.752. The summed E-state index contributed by atoms with van der Waals surface area (Å²) in [5.74, 6) is -0.304. The molecular weight excluding hydrogens is 250 g/mol. The molecular formula is C8H17N3O3S2. The fraction of sp³-hybridized carbons (Fsp3) is 0.750. The second-order valence-electron chi connectivity index (χ2n) is 3.32. The molecule has 0 heterocycles. The summed E-state index contributed by atoms with van der Waals surface area (Å²) in [6.07, 6.45) is 0. The number of hydrogen-bond donors (Lipinski definition) is 2. The van der Waals surface area contributed by atoms with Crippen molar-refractivity contribution in [2.24, 2.45) is 5.73 Å². The molecule has 0 fully saturated rings. The minimum absolute atomic E-state index is 0.121. The highest BCUT2D eigenvalue weighted by Crippen LogP contribution is 1.98.